The van der Waals surface area contributed by atoms with Crippen LogP contribution < -0.4 is 11.1 Å². The molecular weight excluding hydrogens is 213 g/mol. The van der Waals surface area contributed by atoms with E-state index in [2.05, 4.69) is 10.3 Å². The Labute approximate surface area is 85.1 Å². The highest BCUT2D eigenvalue weighted by Crippen LogP contribution is 2.15. The molecule has 0 atom stereocenters. The van der Waals surface area contributed by atoms with Gasteiger partial charge in [0.1, 0.15) is 6.54 Å². The monoisotopic (exact) mass is 226 g/mol. The van der Waals surface area contributed by atoms with Crippen LogP contribution in [-0.4, -0.2) is 50.1 Å². The predicted molar refractivity (Wildman–Crippen MR) is 49.2 cm³/mol. The van der Waals surface area contributed by atoms with Crippen LogP contribution in [0.1, 0.15) is 0 Å². The SMILES string of the molecule is CN=C(N)NCC(=O)N(C)CC(F)(F)F. The molecule has 0 unspecified atom stereocenters. The first-order chi connectivity index (χ1) is 6.76. The fraction of sp³-hybridized carbons (Fsp3) is 0.714. The van der Waals surface area contributed by atoms with Crippen LogP contribution in [-0.2, 0) is 4.79 Å². The molecule has 1 amide bonds. The molecule has 0 aromatic carbocycles. The highest BCUT2D eigenvalue weighted by atomic mass is 19.4. The van der Waals surface area contributed by atoms with Crippen molar-refractivity contribution in [3.05, 3.63) is 0 Å². The van der Waals surface area contributed by atoms with Gasteiger partial charge in [0.25, 0.3) is 0 Å². The Morgan fingerprint density at radius 1 is 1.53 bits per heavy atom. The zero-order chi connectivity index (χ0) is 12.1. The lowest BCUT2D eigenvalue weighted by atomic mass is 10.4. The molecule has 8 heteroatoms. The van der Waals surface area contributed by atoms with E-state index in [4.69, 9.17) is 5.73 Å². The van der Waals surface area contributed by atoms with E-state index in [9.17, 15) is 18.0 Å². The highest BCUT2D eigenvalue weighted by molar-refractivity contribution is 5.85. The third kappa shape index (κ3) is 6.58. The number of carbonyl (C=O) groups excluding carboxylic acids is 1. The summed E-state index contributed by atoms with van der Waals surface area (Å²) in [5, 5.41) is 2.37. The van der Waals surface area contributed by atoms with Crippen LogP contribution in [0.25, 0.3) is 0 Å². The number of alkyl halides is 3. The van der Waals surface area contributed by atoms with Crippen molar-refractivity contribution in [2.75, 3.05) is 27.2 Å². The lowest BCUT2D eigenvalue weighted by Crippen LogP contribution is -2.43. The molecule has 0 spiro atoms. The minimum absolute atomic E-state index is 0.00348. The fourth-order valence-electron chi connectivity index (χ4n) is 0.737. The summed E-state index contributed by atoms with van der Waals surface area (Å²) >= 11 is 0. The van der Waals surface area contributed by atoms with Crippen molar-refractivity contribution in [1.29, 1.82) is 0 Å². The summed E-state index contributed by atoms with van der Waals surface area (Å²) in [5.41, 5.74) is 5.19. The standard InChI is InChI=1S/C7H13F3N4O/c1-12-6(11)13-3-5(15)14(2)4-7(8,9)10/h3-4H2,1-2H3,(H3,11,12,13). The summed E-state index contributed by atoms with van der Waals surface area (Å²) < 4.78 is 35.6. The molecule has 0 aliphatic heterocycles. The van der Waals surface area contributed by atoms with Gasteiger partial charge >= 0.3 is 6.18 Å². The summed E-state index contributed by atoms with van der Waals surface area (Å²) in [6.45, 7) is -1.59. The van der Waals surface area contributed by atoms with E-state index in [1.165, 1.54) is 7.05 Å². The number of guanidine groups is 1. The number of nitrogens with zero attached hydrogens (tertiary/aromatic N) is 2. The Kier molecular flexibility index (Phi) is 4.89. The van der Waals surface area contributed by atoms with E-state index in [0.29, 0.717) is 4.90 Å². The average molecular weight is 226 g/mol. The van der Waals surface area contributed by atoms with Gasteiger partial charge in [0.15, 0.2) is 5.96 Å². The van der Waals surface area contributed by atoms with Gasteiger partial charge in [0.05, 0.1) is 6.54 Å². The van der Waals surface area contributed by atoms with Crippen LogP contribution in [0.5, 0.6) is 0 Å². The van der Waals surface area contributed by atoms with Crippen molar-refractivity contribution >= 4 is 11.9 Å². The van der Waals surface area contributed by atoms with E-state index in [1.807, 2.05) is 0 Å². The second-order valence-electron chi connectivity index (χ2n) is 2.83. The van der Waals surface area contributed by atoms with Crippen LogP contribution in [0.4, 0.5) is 13.2 Å². The summed E-state index contributed by atoms with van der Waals surface area (Å²) in [6.07, 6.45) is -4.39. The maximum atomic E-state index is 11.9. The minimum Gasteiger partial charge on any atom is -0.370 e. The van der Waals surface area contributed by atoms with Gasteiger partial charge in [-0.2, -0.15) is 13.2 Å². The topological polar surface area (TPSA) is 70.7 Å². The molecule has 0 aromatic rings. The third-order valence-electron chi connectivity index (χ3n) is 1.50. The summed E-state index contributed by atoms with van der Waals surface area (Å²) in [5.74, 6) is -0.706. The zero-order valence-corrected chi connectivity index (χ0v) is 8.43. The van der Waals surface area contributed by atoms with E-state index >= 15 is 0 Å². The molecule has 0 aromatic heterocycles. The molecule has 0 saturated carbocycles. The van der Waals surface area contributed by atoms with Crippen LogP contribution in [0.15, 0.2) is 4.99 Å². The van der Waals surface area contributed by atoms with E-state index in [-0.39, 0.29) is 12.5 Å². The van der Waals surface area contributed by atoms with Gasteiger partial charge in [-0.1, -0.05) is 0 Å². The van der Waals surface area contributed by atoms with Crippen molar-refractivity contribution in [1.82, 2.24) is 10.2 Å². The van der Waals surface area contributed by atoms with Crippen molar-refractivity contribution < 1.29 is 18.0 Å². The quantitative estimate of drug-likeness (QED) is 0.505. The lowest BCUT2D eigenvalue weighted by Gasteiger charge is -2.19. The van der Waals surface area contributed by atoms with Gasteiger partial charge in [0.2, 0.25) is 5.91 Å². The third-order valence-corrected chi connectivity index (χ3v) is 1.50. The number of rotatable bonds is 3. The molecule has 0 rings (SSSR count). The predicted octanol–water partition coefficient (Wildman–Crippen LogP) is -0.459. The minimum atomic E-state index is -4.39. The normalized spacial score (nSPS) is 12.5. The van der Waals surface area contributed by atoms with Crippen molar-refractivity contribution in [3.63, 3.8) is 0 Å². The van der Waals surface area contributed by atoms with Crippen LogP contribution in [0.3, 0.4) is 0 Å². The smallest absolute Gasteiger partial charge is 0.370 e. The number of aliphatic imine (C=N–C) groups is 1. The second-order valence-corrected chi connectivity index (χ2v) is 2.83. The van der Waals surface area contributed by atoms with Gasteiger partial charge in [-0.15, -0.1) is 0 Å². The van der Waals surface area contributed by atoms with Gasteiger partial charge in [0, 0.05) is 14.1 Å². The number of hydrogen-bond donors (Lipinski definition) is 2. The summed E-state index contributed by atoms with van der Waals surface area (Å²) in [6, 6.07) is 0. The number of halogens is 3. The first-order valence-electron chi connectivity index (χ1n) is 4.03. The molecule has 0 fully saturated rings. The Bertz CT molecular complexity index is 251. The molecule has 0 bridgehead atoms. The second kappa shape index (κ2) is 5.42. The lowest BCUT2D eigenvalue weighted by molar-refractivity contribution is -0.157. The largest absolute Gasteiger partial charge is 0.406 e. The molecule has 3 N–H and O–H groups in total. The van der Waals surface area contributed by atoms with E-state index in [0.717, 1.165) is 7.05 Å². The van der Waals surface area contributed by atoms with Crippen molar-refractivity contribution in [2.45, 2.75) is 6.18 Å². The number of nitrogens with two attached hydrogens (primary N) is 1. The fourth-order valence-corrected chi connectivity index (χ4v) is 0.737. The molecule has 0 aliphatic carbocycles. The van der Waals surface area contributed by atoms with Crippen molar-refractivity contribution in [2.24, 2.45) is 10.7 Å². The Balaban J connectivity index is 4.01. The molecule has 15 heavy (non-hydrogen) atoms. The molecule has 0 aliphatic rings. The Morgan fingerprint density at radius 3 is 2.47 bits per heavy atom. The number of likely N-dealkylation sites (N-methyl/N-ethyl adjacent to an activating group) is 1. The van der Waals surface area contributed by atoms with Crippen LogP contribution in [0, 0.1) is 0 Å². The number of amides is 1. The van der Waals surface area contributed by atoms with E-state index < -0.39 is 18.6 Å². The Morgan fingerprint density at radius 2 is 2.07 bits per heavy atom. The molecule has 88 valence electrons. The van der Waals surface area contributed by atoms with Gasteiger partial charge in [-0.05, 0) is 0 Å². The molecular formula is C7H13F3N4O. The van der Waals surface area contributed by atoms with Gasteiger partial charge in [-0.3, -0.25) is 9.79 Å². The molecule has 5 nitrogen and oxygen atoms in total. The van der Waals surface area contributed by atoms with Crippen LogP contribution >= 0.6 is 0 Å². The maximum Gasteiger partial charge on any atom is 0.406 e. The summed E-state index contributed by atoms with van der Waals surface area (Å²) in [4.78, 5) is 15.1. The number of nitrogens with one attached hydrogen (secondary N) is 1. The number of hydrogen-bond acceptors (Lipinski definition) is 2. The zero-order valence-electron chi connectivity index (χ0n) is 8.43. The van der Waals surface area contributed by atoms with Crippen molar-refractivity contribution in [3.8, 4) is 0 Å². The molecule has 0 heterocycles. The molecule has 0 saturated heterocycles. The highest BCUT2D eigenvalue weighted by Gasteiger charge is 2.30. The molecule has 0 radical (unpaired) electrons. The average Bonchev–Trinajstić information content (AvgIpc) is 2.10. The Hall–Kier alpha value is -1.47. The summed E-state index contributed by atoms with van der Waals surface area (Å²) in [7, 11) is 2.46. The van der Waals surface area contributed by atoms with Gasteiger partial charge < -0.3 is 16.0 Å². The first-order valence-corrected chi connectivity index (χ1v) is 4.03. The first kappa shape index (κ1) is 13.5. The van der Waals surface area contributed by atoms with Crippen LogP contribution in [0.2, 0.25) is 0 Å². The van der Waals surface area contributed by atoms with E-state index in [1.54, 1.807) is 0 Å². The van der Waals surface area contributed by atoms with Gasteiger partial charge in [-0.25, -0.2) is 0 Å². The maximum absolute atomic E-state index is 11.9. The number of carbonyl (C=O) groups is 1.